The topological polar surface area (TPSA) is 75.3 Å². The normalized spacial score (nSPS) is 16.0. The molecule has 1 fully saturated rings. The fourth-order valence-electron chi connectivity index (χ4n) is 3.04. The first-order valence-electron chi connectivity index (χ1n) is 8.03. The molecule has 3 aromatic rings. The Morgan fingerprint density at radius 2 is 1.91 bits per heavy atom. The molecular weight excluding hydrogens is 310 g/mol. The van der Waals surface area contributed by atoms with Crippen LogP contribution in [0, 0.1) is 0 Å². The van der Waals surface area contributed by atoms with Gasteiger partial charge in [-0.2, -0.15) is 4.52 Å². The largest absolute Gasteiger partial charge is 0.508 e. The summed E-state index contributed by atoms with van der Waals surface area (Å²) in [4.78, 5) is 0.817. The second kappa shape index (κ2) is 6.16. The highest BCUT2D eigenvalue weighted by molar-refractivity contribution is 7.20. The van der Waals surface area contributed by atoms with Crippen LogP contribution in [0.4, 0.5) is 5.13 Å². The average molecular weight is 329 g/mol. The highest BCUT2D eigenvalue weighted by atomic mass is 32.1. The van der Waals surface area contributed by atoms with Gasteiger partial charge in [-0.3, -0.25) is 0 Å². The predicted octanol–water partition coefficient (Wildman–Crippen LogP) is 3.23. The number of nitrogens with one attached hydrogen (secondary N) is 1. The molecule has 0 bridgehead atoms. The minimum Gasteiger partial charge on any atom is -0.508 e. The smallest absolute Gasteiger partial charge is 0.236 e. The van der Waals surface area contributed by atoms with E-state index in [2.05, 4.69) is 20.6 Å². The van der Waals surface area contributed by atoms with Gasteiger partial charge >= 0.3 is 0 Å². The van der Waals surface area contributed by atoms with E-state index in [4.69, 9.17) is 0 Å². The van der Waals surface area contributed by atoms with E-state index >= 15 is 0 Å². The zero-order valence-corrected chi connectivity index (χ0v) is 13.6. The first-order chi connectivity index (χ1) is 11.3. The lowest BCUT2D eigenvalue weighted by atomic mass is 9.96. The van der Waals surface area contributed by atoms with Gasteiger partial charge in [0.25, 0.3) is 0 Å². The summed E-state index contributed by atoms with van der Waals surface area (Å²) >= 11 is 1.55. The fraction of sp³-hybridized carbons (Fsp3) is 0.438. The third-order valence-electron chi connectivity index (χ3n) is 4.29. The summed E-state index contributed by atoms with van der Waals surface area (Å²) in [7, 11) is 0. The number of hydrogen-bond acceptors (Lipinski definition) is 6. The number of rotatable bonds is 4. The van der Waals surface area contributed by atoms with E-state index in [0.29, 0.717) is 12.5 Å². The van der Waals surface area contributed by atoms with Crippen LogP contribution in [0.2, 0.25) is 0 Å². The molecule has 2 N–H and O–H groups in total. The first kappa shape index (κ1) is 14.4. The Hall–Kier alpha value is -2.15. The molecule has 23 heavy (non-hydrogen) atoms. The van der Waals surface area contributed by atoms with Crippen molar-refractivity contribution in [2.45, 2.75) is 44.6 Å². The third kappa shape index (κ3) is 3.14. The van der Waals surface area contributed by atoms with Gasteiger partial charge in [0.1, 0.15) is 5.75 Å². The summed E-state index contributed by atoms with van der Waals surface area (Å²) in [6, 6.07) is 7.69. The van der Waals surface area contributed by atoms with Crippen molar-refractivity contribution < 1.29 is 5.11 Å². The Kier molecular flexibility index (Phi) is 3.87. The van der Waals surface area contributed by atoms with Gasteiger partial charge in [-0.1, -0.05) is 42.7 Å². The molecule has 2 heterocycles. The van der Waals surface area contributed by atoms with Gasteiger partial charge in [-0.05, 0) is 30.5 Å². The number of phenolic OH excluding ortho intramolecular Hbond substituents is 1. The van der Waals surface area contributed by atoms with E-state index in [1.165, 1.54) is 32.1 Å². The van der Waals surface area contributed by atoms with E-state index in [-0.39, 0.29) is 5.75 Å². The second-order valence-corrected chi connectivity index (χ2v) is 7.00. The van der Waals surface area contributed by atoms with E-state index in [1.54, 1.807) is 23.5 Å². The standard InChI is InChI=1S/C16H19N5OS/c22-13-8-6-11(7-9-13)10-14-18-19-16-21(14)20-15(23-16)17-12-4-2-1-3-5-12/h6-9,12,22H,1-5,10H2,(H,17,20). The quantitative estimate of drug-likeness (QED) is 0.768. The minimum absolute atomic E-state index is 0.271. The Morgan fingerprint density at radius 3 is 2.70 bits per heavy atom. The first-order valence-corrected chi connectivity index (χ1v) is 8.85. The zero-order valence-electron chi connectivity index (χ0n) is 12.8. The molecule has 0 spiro atoms. The number of aromatic nitrogens is 4. The summed E-state index contributed by atoms with van der Waals surface area (Å²) < 4.78 is 1.82. The van der Waals surface area contributed by atoms with Crippen LogP contribution in [0.15, 0.2) is 24.3 Å². The van der Waals surface area contributed by atoms with Gasteiger partial charge in [0, 0.05) is 12.5 Å². The molecular formula is C16H19N5OS. The van der Waals surface area contributed by atoms with Crippen molar-refractivity contribution >= 4 is 21.4 Å². The van der Waals surface area contributed by atoms with Crippen LogP contribution in [0.25, 0.3) is 4.96 Å². The Morgan fingerprint density at radius 1 is 1.13 bits per heavy atom. The zero-order chi connectivity index (χ0) is 15.6. The SMILES string of the molecule is Oc1ccc(Cc2nnc3sc(NC4CCCCC4)nn23)cc1. The van der Waals surface area contributed by atoms with Crippen LogP contribution < -0.4 is 5.32 Å². The summed E-state index contributed by atoms with van der Waals surface area (Å²) in [5, 5.41) is 26.9. The molecule has 0 saturated heterocycles. The molecule has 1 saturated carbocycles. The lowest BCUT2D eigenvalue weighted by Gasteiger charge is -2.21. The molecule has 1 aliphatic rings. The van der Waals surface area contributed by atoms with E-state index < -0.39 is 0 Å². The molecule has 0 aliphatic heterocycles. The molecule has 0 atom stereocenters. The maximum atomic E-state index is 9.36. The number of anilines is 1. The van der Waals surface area contributed by atoms with Crippen molar-refractivity contribution in [2.75, 3.05) is 5.32 Å². The van der Waals surface area contributed by atoms with Crippen LogP contribution in [0.5, 0.6) is 5.75 Å². The Labute approximate surface area is 138 Å². The Balaban J connectivity index is 1.53. The number of aromatic hydroxyl groups is 1. The lowest BCUT2D eigenvalue weighted by Crippen LogP contribution is -2.22. The van der Waals surface area contributed by atoms with Crippen LogP contribution in [-0.4, -0.2) is 31.0 Å². The summed E-state index contributed by atoms with van der Waals surface area (Å²) in [6.07, 6.45) is 7.04. The number of phenols is 1. The number of hydrogen-bond donors (Lipinski definition) is 2. The third-order valence-corrected chi connectivity index (χ3v) is 5.12. The van der Waals surface area contributed by atoms with Gasteiger partial charge in [0.15, 0.2) is 5.82 Å². The lowest BCUT2D eigenvalue weighted by molar-refractivity contribution is 0.462. The highest BCUT2D eigenvalue weighted by Crippen LogP contribution is 2.25. The van der Waals surface area contributed by atoms with Gasteiger partial charge in [0.05, 0.1) is 0 Å². The maximum Gasteiger partial charge on any atom is 0.236 e. The van der Waals surface area contributed by atoms with Crippen molar-refractivity contribution in [3.05, 3.63) is 35.7 Å². The van der Waals surface area contributed by atoms with Gasteiger partial charge in [-0.25, -0.2) is 0 Å². The molecule has 0 amide bonds. The number of fused-ring (bicyclic) bond motifs is 1. The molecule has 1 aromatic carbocycles. The predicted molar refractivity (Wildman–Crippen MR) is 90.1 cm³/mol. The molecule has 6 nitrogen and oxygen atoms in total. The summed E-state index contributed by atoms with van der Waals surface area (Å²) in [6.45, 7) is 0. The van der Waals surface area contributed by atoms with Crippen molar-refractivity contribution in [3.63, 3.8) is 0 Å². The molecule has 2 aromatic heterocycles. The van der Waals surface area contributed by atoms with Crippen LogP contribution in [0.1, 0.15) is 43.5 Å². The van der Waals surface area contributed by atoms with Crippen LogP contribution >= 0.6 is 11.3 Å². The fourth-order valence-corrected chi connectivity index (χ4v) is 3.88. The highest BCUT2D eigenvalue weighted by Gasteiger charge is 2.17. The number of nitrogens with zero attached hydrogens (tertiary/aromatic N) is 4. The average Bonchev–Trinajstić information content (AvgIpc) is 3.12. The molecule has 0 unspecified atom stereocenters. The van der Waals surface area contributed by atoms with Crippen molar-refractivity contribution in [2.24, 2.45) is 0 Å². The summed E-state index contributed by atoms with van der Waals surface area (Å²) in [5.74, 6) is 1.09. The van der Waals surface area contributed by atoms with E-state index in [9.17, 15) is 5.11 Å². The van der Waals surface area contributed by atoms with Crippen LogP contribution in [0.3, 0.4) is 0 Å². The molecule has 4 rings (SSSR count). The molecule has 1 aliphatic carbocycles. The maximum absolute atomic E-state index is 9.36. The monoisotopic (exact) mass is 329 g/mol. The van der Waals surface area contributed by atoms with E-state index in [1.807, 2.05) is 16.6 Å². The van der Waals surface area contributed by atoms with Gasteiger partial charge in [-0.15, -0.1) is 15.3 Å². The second-order valence-electron chi connectivity index (χ2n) is 6.04. The summed E-state index contributed by atoms with van der Waals surface area (Å²) in [5.41, 5.74) is 1.08. The van der Waals surface area contributed by atoms with E-state index in [0.717, 1.165) is 21.5 Å². The molecule has 0 radical (unpaired) electrons. The number of benzene rings is 1. The van der Waals surface area contributed by atoms with Gasteiger partial charge < -0.3 is 10.4 Å². The van der Waals surface area contributed by atoms with Gasteiger partial charge in [0.2, 0.25) is 10.1 Å². The van der Waals surface area contributed by atoms with Crippen molar-refractivity contribution in [3.8, 4) is 5.75 Å². The Bertz CT molecular complexity index is 789. The van der Waals surface area contributed by atoms with Crippen molar-refractivity contribution in [1.82, 2.24) is 19.8 Å². The van der Waals surface area contributed by atoms with Crippen molar-refractivity contribution in [1.29, 1.82) is 0 Å². The molecule has 7 heteroatoms. The van der Waals surface area contributed by atoms with Crippen LogP contribution in [-0.2, 0) is 6.42 Å². The molecule has 120 valence electrons. The minimum atomic E-state index is 0.271.